The molecule has 17 bridgehead atoms. The quantitative estimate of drug-likeness (QED) is 0.0377. The molecule has 0 aliphatic carbocycles. The van der Waals surface area contributed by atoms with Gasteiger partial charge in [0, 0.05) is 49.3 Å². The van der Waals surface area contributed by atoms with E-state index in [4.69, 9.17) is 42.1 Å². The molecular weight excluding hydrogens is 1510 g/mol. The van der Waals surface area contributed by atoms with Gasteiger partial charge in [-0.3, -0.25) is 33.6 Å². The average molecular weight is 1610 g/mol. The molecule has 7 aromatic carbocycles. The molecule has 7 aliphatic rings. The van der Waals surface area contributed by atoms with Gasteiger partial charge in [0.2, 0.25) is 47.1 Å². The molecular formula is C83H94Cl2N10O19. The number of hydrogen-bond donors (Lipinski definition) is 16. The number of rotatable bonds is 17. The fraction of sp³-hybridized carbons (Fsp3) is 0.398. The second-order valence-electron chi connectivity index (χ2n) is 30.3. The Morgan fingerprint density at radius 3 is 1.88 bits per heavy atom. The van der Waals surface area contributed by atoms with Crippen molar-refractivity contribution in [2.75, 3.05) is 26.2 Å². The number of ether oxygens (including phenoxy) is 4. The molecule has 16 N–H and O–H groups in total. The predicted octanol–water partition coefficient (Wildman–Crippen LogP) is 11.1. The third-order valence-corrected chi connectivity index (χ3v) is 21.3. The van der Waals surface area contributed by atoms with Crippen LogP contribution in [-0.2, 0) is 51.3 Å². The number of halogens is 2. The van der Waals surface area contributed by atoms with E-state index in [-0.39, 0.29) is 102 Å². The van der Waals surface area contributed by atoms with Crippen molar-refractivity contribution in [2.24, 2.45) is 0 Å². The first-order chi connectivity index (χ1) is 54.5. The first kappa shape index (κ1) is 82.2. The highest BCUT2D eigenvalue weighted by Gasteiger charge is 2.43. The smallest absolute Gasteiger partial charge is 0.408 e. The summed E-state index contributed by atoms with van der Waals surface area (Å²) < 4.78 is 24.5. The summed E-state index contributed by atoms with van der Waals surface area (Å²) in [5.41, 5.74) is -2.76. The van der Waals surface area contributed by atoms with E-state index in [9.17, 15) is 45.3 Å². The van der Waals surface area contributed by atoms with Crippen LogP contribution in [0.3, 0.4) is 0 Å². The van der Waals surface area contributed by atoms with Crippen LogP contribution in [0.15, 0.2) is 109 Å². The third-order valence-electron chi connectivity index (χ3n) is 20.7. The summed E-state index contributed by atoms with van der Waals surface area (Å²) in [5, 5.41) is 109. The molecule has 31 heteroatoms. The zero-order valence-electron chi connectivity index (χ0n) is 63.5. The van der Waals surface area contributed by atoms with Gasteiger partial charge in [0.15, 0.2) is 23.0 Å². The van der Waals surface area contributed by atoms with Crippen molar-refractivity contribution in [1.82, 2.24) is 52.8 Å². The van der Waals surface area contributed by atoms with Crippen LogP contribution in [0.2, 0.25) is 10.0 Å². The number of phenolic OH excluding ortho intramolecular Hbond substituents is 6. The lowest BCUT2D eigenvalue weighted by molar-refractivity contribution is -0.137. The Balaban J connectivity index is 1.01. The Kier molecular flexibility index (Phi) is 25.9. The van der Waals surface area contributed by atoms with Gasteiger partial charge in [-0.25, -0.2) is 4.79 Å². The van der Waals surface area contributed by atoms with Crippen LogP contribution >= 0.6 is 23.2 Å². The highest BCUT2D eigenvalue weighted by atomic mass is 35.5. The van der Waals surface area contributed by atoms with Gasteiger partial charge >= 0.3 is 6.09 Å². The van der Waals surface area contributed by atoms with Crippen LogP contribution in [0, 0.1) is 0 Å². The minimum atomic E-state index is -2.21. The molecule has 7 aliphatic heterocycles. The van der Waals surface area contributed by atoms with Crippen molar-refractivity contribution in [3.8, 4) is 80.1 Å². The Morgan fingerprint density at radius 1 is 0.570 bits per heavy atom. The van der Waals surface area contributed by atoms with Crippen LogP contribution in [0.5, 0.6) is 69.0 Å². The number of aromatic hydroxyl groups is 6. The number of aliphatic hydroxyl groups is 1. The molecule has 8 amide bonds. The second-order valence-corrected chi connectivity index (χ2v) is 31.1. The number of phenols is 6. The zero-order chi connectivity index (χ0) is 81.4. The van der Waals surface area contributed by atoms with Crippen LogP contribution in [0.4, 0.5) is 4.79 Å². The fourth-order valence-electron chi connectivity index (χ4n) is 14.7. The first-order valence-electron chi connectivity index (χ1n) is 38.3. The van der Waals surface area contributed by atoms with Crippen LogP contribution < -0.4 is 62.1 Å². The molecule has 0 aromatic heterocycles. The fourth-order valence-corrected chi connectivity index (χ4v) is 15.2. The molecule has 0 saturated carbocycles. The zero-order valence-corrected chi connectivity index (χ0v) is 65.1. The third kappa shape index (κ3) is 19.3. The number of unbranched alkanes of at least 4 members (excludes halogenated alkanes) is 7. The van der Waals surface area contributed by atoms with Crippen LogP contribution in [0.25, 0.3) is 11.1 Å². The van der Waals surface area contributed by atoms with E-state index in [1.54, 1.807) is 20.8 Å². The Hall–Kier alpha value is -11.2. The van der Waals surface area contributed by atoms with Crippen molar-refractivity contribution in [3.63, 3.8) is 0 Å². The van der Waals surface area contributed by atoms with E-state index in [0.29, 0.717) is 25.6 Å². The summed E-state index contributed by atoms with van der Waals surface area (Å²) in [6, 6.07) is 8.31. The van der Waals surface area contributed by atoms with Crippen LogP contribution in [0.1, 0.15) is 192 Å². The molecule has 7 heterocycles. The highest BCUT2D eigenvalue weighted by Crippen LogP contribution is 2.50. The maximum Gasteiger partial charge on any atom is 0.408 e. The number of carbonyl (C=O) groups is 8. The molecule has 1 fully saturated rings. The molecule has 29 nitrogen and oxygen atoms in total. The van der Waals surface area contributed by atoms with Gasteiger partial charge in [-0.15, -0.1) is 0 Å². The Morgan fingerprint density at radius 2 is 1.19 bits per heavy atom. The molecule has 0 spiro atoms. The lowest BCUT2D eigenvalue weighted by atomic mass is 9.87. The van der Waals surface area contributed by atoms with E-state index in [1.165, 1.54) is 72.8 Å². The lowest BCUT2D eigenvalue weighted by Crippen LogP contribution is -2.56. The maximum atomic E-state index is 16.3. The van der Waals surface area contributed by atoms with Gasteiger partial charge < -0.3 is 107 Å². The second kappa shape index (κ2) is 35.8. The number of aliphatic hydroxyl groups excluding tert-OH is 1. The van der Waals surface area contributed by atoms with Crippen molar-refractivity contribution >= 4 is 70.6 Å². The molecule has 0 radical (unpaired) electrons. The van der Waals surface area contributed by atoms with Crippen molar-refractivity contribution in [3.05, 3.63) is 164 Å². The summed E-state index contributed by atoms with van der Waals surface area (Å²) in [7, 11) is 0. The summed E-state index contributed by atoms with van der Waals surface area (Å²) in [6.07, 6.45) is 8.17. The number of hydrogen-bond acceptors (Lipinski definition) is 21. The minimum absolute atomic E-state index is 0.000397. The minimum Gasteiger partial charge on any atom is -0.508 e. The number of amides is 8. The number of fused-ring (bicyclic) bond motifs is 14. The average Bonchev–Trinajstić information content (AvgIpc) is 0.753. The van der Waals surface area contributed by atoms with E-state index in [1.807, 2.05) is 0 Å². The Bertz CT molecular complexity index is 4850. The van der Waals surface area contributed by atoms with E-state index >= 15 is 28.8 Å². The van der Waals surface area contributed by atoms with Crippen LogP contribution in [-0.4, -0.2) is 138 Å². The van der Waals surface area contributed by atoms with E-state index in [2.05, 4.69) is 66.6 Å². The highest BCUT2D eigenvalue weighted by molar-refractivity contribution is 6.32. The standard InChI is InChI=1S/C83H94Cl2N10O19/c1-6-7-8-9-10-11-12-14-26-86-41-53-59(99)40-52-65(73(53)101)51-34-44(19-22-57(51)97)66-78(106)93-71(81(109)92-70(52)76(104)87-27-16-29-95-28-15-13-17-42(95)2)72(100)46-21-25-61(55(85)35-46)113-64-38-48-37-63(74(64)102)112-60-24-18-43(30-54(60)84)31-56-75(103)89-68(79(107)91-69(48)80(108)90-66)47-32-49(96)39-50(33-47)111-62-36-45(20-23-58(62)98)67(77(105)88-56)94-82(110)114-83(3,4)5/h18-25,30,32-40,42,56,66-72,86,96-102H,6-17,26-29,31,41H2,1-5H3,(H,87,104)(H,88,105)(H,89,103)(H,90,108)(H,91,107)(H,92,109)(H,93,106)(H,94,110)/t42?,56-,66-,67-,68-,69-,70-,71-,72?/m0/s1. The van der Waals surface area contributed by atoms with Crippen molar-refractivity contribution < 1.29 is 93.0 Å². The summed E-state index contributed by atoms with van der Waals surface area (Å²) in [4.78, 5) is 125. The van der Waals surface area contributed by atoms with Gasteiger partial charge in [0.05, 0.1) is 15.6 Å². The summed E-state index contributed by atoms with van der Waals surface area (Å²) in [6.45, 7) is 10.9. The number of nitrogens with one attached hydrogen (secondary N) is 9. The predicted molar refractivity (Wildman–Crippen MR) is 419 cm³/mol. The van der Waals surface area contributed by atoms with Crippen molar-refractivity contribution in [2.45, 2.75) is 185 Å². The van der Waals surface area contributed by atoms with Gasteiger partial charge in [-0.1, -0.05) is 106 Å². The number of benzene rings is 7. The van der Waals surface area contributed by atoms with Crippen molar-refractivity contribution in [1.29, 1.82) is 0 Å². The van der Waals surface area contributed by atoms with Gasteiger partial charge in [-0.05, 0) is 184 Å². The molecule has 604 valence electrons. The number of carbonyl (C=O) groups excluding carboxylic acids is 8. The largest absolute Gasteiger partial charge is 0.508 e. The first-order valence-corrected chi connectivity index (χ1v) is 39.0. The number of alkyl carbamates (subject to hydrolysis) is 1. The van der Waals surface area contributed by atoms with Gasteiger partial charge in [0.1, 0.15) is 94.2 Å². The molecule has 14 rings (SSSR count). The molecule has 1 saturated heterocycles. The van der Waals surface area contributed by atoms with Gasteiger partial charge in [-0.2, -0.15) is 0 Å². The van der Waals surface area contributed by atoms with E-state index < -0.39 is 154 Å². The normalized spacial score (nSPS) is 21.1. The molecule has 114 heavy (non-hydrogen) atoms. The number of nitrogens with zero attached hydrogens (tertiary/aromatic N) is 1. The SMILES string of the molecule is CCCCCCCCCCNCc1c(O)cc2c(c1O)-c1cc(ccc1O)[C@@H]1NC(=O)[C@H]3NC(=O)[C@H]4NC(=O)[C@H](Cc5ccc(c(Cl)c5)Oc5cc3cc(c5O)Oc3ccc(cc3Cl)C(O)[C@H](NC1=O)C(=O)N[C@@H]2C(=O)NCCCN1CCCCC1C)NC(=O)[C@@H](NC(=O)OC(C)(C)C)c1ccc(O)c(c1)Oc1cc(O)cc4c1. The molecule has 9 atom stereocenters. The number of piperidine rings is 1. The summed E-state index contributed by atoms with van der Waals surface area (Å²) >= 11 is 14.1. The molecule has 7 aromatic rings. The summed E-state index contributed by atoms with van der Waals surface area (Å²) in [5.74, 6) is -13.8. The monoisotopic (exact) mass is 1600 g/mol. The number of likely N-dealkylation sites (tertiary alicyclic amines) is 1. The molecule has 2 unspecified atom stereocenters. The maximum absolute atomic E-state index is 16.3. The van der Waals surface area contributed by atoms with Gasteiger partial charge in [0.25, 0.3) is 0 Å². The lowest BCUT2D eigenvalue weighted by Gasteiger charge is -2.33. The Labute approximate surface area is 667 Å². The van der Waals surface area contributed by atoms with E-state index in [0.717, 1.165) is 114 Å². The topological polar surface area (TPSA) is 427 Å².